The molecule has 0 spiro atoms. The summed E-state index contributed by atoms with van der Waals surface area (Å²) in [5.74, 6) is 4.78. The molecule has 0 atom stereocenters. The van der Waals surface area contributed by atoms with E-state index in [4.69, 9.17) is 5.84 Å². The summed E-state index contributed by atoms with van der Waals surface area (Å²) in [6.45, 7) is 2.66. The summed E-state index contributed by atoms with van der Waals surface area (Å²) < 4.78 is 23.3. The van der Waals surface area contributed by atoms with Crippen molar-refractivity contribution in [2.24, 2.45) is 5.84 Å². The van der Waals surface area contributed by atoms with E-state index in [1.807, 2.05) is 5.43 Å². The third kappa shape index (κ3) is 1.71. The number of hydrogen-bond donors (Lipinski definition) is 2. The predicted octanol–water partition coefficient (Wildman–Crippen LogP) is 0.493. The second kappa shape index (κ2) is 2.37. The fraction of sp³-hybridized carbons (Fsp3) is 1.00. The molecule has 0 bridgehead atoms. The molecule has 0 saturated heterocycles. The van der Waals surface area contributed by atoms with E-state index in [0.717, 1.165) is 0 Å². The van der Waals surface area contributed by atoms with Crippen molar-refractivity contribution in [3.05, 3.63) is 0 Å². The molecule has 0 aliphatic heterocycles. The molecule has 0 unspecified atom stereocenters. The Kier molecular flexibility index (Phi) is 2.30. The van der Waals surface area contributed by atoms with Gasteiger partial charge in [-0.2, -0.15) is 0 Å². The molecule has 0 saturated carbocycles. The van der Waals surface area contributed by atoms with Gasteiger partial charge in [0.1, 0.15) is 0 Å². The summed E-state index contributed by atoms with van der Waals surface area (Å²) >= 11 is 0. The molecule has 0 heterocycles. The fourth-order valence-electron chi connectivity index (χ4n) is 0.0630. The first-order chi connectivity index (χ1) is 3.50. The molecular formula is C4H10F2N2. The maximum absolute atomic E-state index is 11.7. The van der Waals surface area contributed by atoms with Crippen molar-refractivity contribution in [2.75, 3.05) is 0 Å². The molecule has 0 fully saturated rings. The van der Waals surface area contributed by atoms with E-state index in [2.05, 4.69) is 0 Å². The van der Waals surface area contributed by atoms with Crippen LogP contribution in [0.1, 0.15) is 13.8 Å². The van der Waals surface area contributed by atoms with Crippen LogP contribution in [0.2, 0.25) is 0 Å². The lowest BCUT2D eigenvalue weighted by Crippen LogP contribution is -2.49. The van der Waals surface area contributed by atoms with Crippen LogP contribution in [-0.4, -0.2) is 12.0 Å². The number of nitrogens with two attached hydrogens (primary N) is 1. The molecule has 0 aromatic rings. The Morgan fingerprint density at radius 1 is 1.50 bits per heavy atom. The molecular weight excluding hydrogens is 114 g/mol. The van der Waals surface area contributed by atoms with Gasteiger partial charge in [0.05, 0.1) is 5.54 Å². The van der Waals surface area contributed by atoms with E-state index in [1.54, 1.807) is 0 Å². The largest absolute Gasteiger partial charge is 0.271 e. The number of hydrazine groups is 1. The monoisotopic (exact) mass is 124 g/mol. The predicted molar refractivity (Wildman–Crippen MR) is 27.4 cm³/mol. The first-order valence-electron chi connectivity index (χ1n) is 2.26. The molecule has 50 valence electrons. The van der Waals surface area contributed by atoms with E-state index in [9.17, 15) is 8.78 Å². The lowest BCUT2D eigenvalue weighted by Gasteiger charge is -2.21. The van der Waals surface area contributed by atoms with Gasteiger partial charge in [-0.1, -0.05) is 0 Å². The van der Waals surface area contributed by atoms with Crippen molar-refractivity contribution >= 4 is 0 Å². The minimum absolute atomic E-state index is 1.26. The quantitative estimate of drug-likeness (QED) is 0.415. The third-order valence-electron chi connectivity index (χ3n) is 0.918. The minimum Gasteiger partial charge on any atom is -0.271 e. The molecule has 0 aromatic carbocycles. The van der Waals surface area contributed by atoms with Crippen LogP contribution >= 0.6 is 0 Å². The van der Waals surface area contributed by atoms with Crippen LogP contribution in [0.5, 0.6) is 0 Å². The highest BCUT2D eigenvalue weighted by Gasteiger charge is 2.27. The van der Waals surface area contributed by atoms with Crippen LogP contribution < -0.4 is 11.3 Å². The second-order valence-corrected chi connectivity index (χ2v) is 2.17. The first-order valence-corrected chi connectivity index (χ1v) is 2.26. The van der Waals surface area contributed by atoms with Crippen LogP contribution in [0.4, 0.5) is 8.78 Å². The second-order valence-electron chi connectivity index (χ2n) is 2.17. The third-order valence-corrected chi connectivity index (χ3v) is 0.918. The average Bonchev–Trinajstić information content (AvgIpc) is 1.67. The highest BCUT2D eigenvalue weighted by atomic mass is 19.3. The Morgan fingerprint density at radius 3 is 1.88 bits per heavy atom. The van der Waals surface area contributed by atoms with Gasteiger partial charge in [-0.05, 0) is 13.8 Å². The number of nitrogens with one attached hydrogen (secondary N) is 1. The van der Waals surface area contributed by atoms with Gasteiger partial charge in [0.25, 0.3) is 6.43 Å². The first kappa shape index (κ1) is 7.78. The highest BCUT2D eigenvalue weighted by Crippen LogP contribution is 2.11. The standard InChI is InChI=1S/C4H10F2N2/c1-4(2,8-7)3(5)6/h3,8H,7H2,1-2H3. The Morgan fingerprint density at radius 2 is 1.88 bits per heavy atom. The van der Waals surface area contributed by atoms with Crippen molar-refractivity contribution < 1.29 is 8.78 Å². The van der Waals surface area contributed by atoms with E-state index < -0.39 is 12.0 Å². The fourth-order valence-corrected chi connectivity index (χ4v) is 0.0630. The summed E-state index contributed by atoms with van der Waals surface area (Å²) in [7, 11) is 0. The van der Waals surface area contributed by atoms with Crippen LogP contribution in [-0.2, 0) is 0 Å². The number of halogens is 2. The van der Waals surface area contributed by atoms with Crippen molar-refractivity contribution in [2.45, 2.75) is 25.8 Å². The van der Waals surface area contributed by atoms with Gasteiger partial charge in [0, 0.05) is 0 Å². The molecule has 0 radical (unpaired) electrons. The van der Waals surface area contributed by atoms with Crippen LogP contribution in [0, 0.1) is 0 Å². The molecule has 2 nitrogen and oxygen atoms in total. The normalized spacial score (nSPS) is 12.8. The maximum Gasteiger partial charge on any atom is 0.257 e. The Hall–Kier alpha value is -0.220. The molecule has 0 aliphatic carbocycles. The minimum atomic E-state index is -2.42. The molecule has 4 heteroatoms. The SMILES string of the molecule is CC(C)(NN)C(F)F. The van der Waals surface area contributed by atoms with Crippen LogP contribution in [0.25, 0.3) is 0 Å². The Balaban J connectivity index is 3.71. The maximum atomic E-state index is 11.7. The lowest BCUT2D eigenvalue weighted by atomic mass is 10.1. The van der Waals surface area contributed by atoms with Gasteiger partial charge in [-0.15, -0.1) is 0 Å². The molecule has 0 aliphatic rings. The molecule has 0 amide bonds. The highest BCUT2D eigenvalue weighted by molar-refractivity contribution is 4.76. The summed E-state index contributed by atoms with van der Waals surface area (Å²) in [6.07, 6.45) is -2.42. The summed E-state index contributed by atoms with van der Waals surface area (Å²) in [5, 5.41) is 0. The molecule has 0 rings (SSSR count). The topological polar surface area (TPSA) is 38.0 Å². The summed E-state index contributed by atoms with van der Waals surface area (Å²) in [4.78, 5) is 0. The van der Waals surface area contributed by atoms with Crippen molar-refractivity contribution in [1.29, 1.82) is 0 Å². The van der Waals surface area contributed by atoms with Gasteiger partial charge in [0.15, 0.2) is 0 Å². The molecule has 3 N–H and O–H groups in total. The summed E-state index contributed by atoms with van der Waals surface area (Å²) in [6, 6.07) is 0. The zero-order valence-corrected chi connectivity index (χ0v) is 4.91. The van der Waals surface area contributed by atoms with Crippen molar-refractivity contribution in [1.82, 2.24) is 5.43 Å². The number of rotatable bonds is 2. The lowest BCUT2D eigenvalue weighted by molar-refractivity contribution is 0.0514. The van der Waals surface area contributed by atoms with Crippen LogP contribution in [0.3, 0.4) is 0 Å². The number of alkyl halides is 2. The van der Waals surface area contributed by atoms with Crippen molar-refractivity contribution in [3.8, 4) is 0 Å². The van der Waals surface area contributed by atoms with Gasteiger partial charge >= 0.3 is 0 Å². The van der Waals surface area contributed by atoms with E-state index in [-0.39, 0.29) is 0 Å². The molecule has 8 heavy (non-hydrogen) atoms. The smallest absolute Gasteiger partial charge is 0.257 e. The molecule has 0 aromatic heterocycles. The average molecular weight is 124 g/mol. The van der Waals surface area contributed by atoms with Gasteiger partial charge in [-0.3, -0.25) is 5.84 Å². The zero-order valence-electron chi connectivity index (χ0n) is 4.91. The van der Waals surface area contributed by atoms with Crippen molar-refractivity contribution in [3.63, 3.8) is 0 Å². The van der Waals surface area contributed by atoms with E-state index in [0.29, 0.717) is 0 Å². The summed E-state index contributed by atoms with van der Waals surface area (Å²) in [5.41, 5.74) is 0.727. The number of hydrogen-bond acceptors (Lipinski definition) is 2. The van der Waals surface area contributed by atoms with Crippen LogP contribution in [0.15, 0.2) is 0 Å². The van der Waals surface area contributed by atoms with Gasteiger partial charge in [-0.25, -0.2) is 14.2 Å². The Bertz CT molecular complexity index is 72.4. The van der Waals surface area contributed by atoms with Gasteiger partial charge < -0.3 is 0 Å². The van der Waals surface area contributed by atoms with Gasteiger partial charge in [0.2, 0.25) is 0 Å². The zero-order chi connectivity index (χ0) is 6.78. The Labute approximate surface area is 47.0 Å². The van der Waals surface area contributed by atoms with E-state index in [1.165, 1.54) is 13.8 Å². The van der Waals surface area contributed by atoms with E-state index >= 15 is 0 Å².